The first kappa shape index (κ1) is 16.5. The molecule has 0 unspecified atom stereocenters. The van der Waals surface area contributed by atoms with Gasteiger partial charge in [-0.2, -0.15) is 0 Å². The predicted octanol–water partition coefficient (Wildman–Crippen LogP) is 2.32. The molecule has 0 fully saturated rings. The minimum Gasteiger partial charge on any atom is -0.444 e. The maximum atomic E-state index is 11.6. The summed E-state index contributed by atoms with van der Waals surface area (Å²) >= 11 is 0. The molecule has 0 aliphatic rings. The first-order chi connectivity index (χ1) is 9.35. The molecule has 1 aromatic carbocycles. The SMILES string of the molecule is COCc1ccc(CNC(=O)OC(C)(C)C)c(CN)c1. The van der Waals surface area contributed by atoms with Crippen molar-refractivity contribution >= 4 is 6.09 Å². The van der Waals surface area contributed by atoms with Crippen LogP contribution in [-0.4, -0.2) is 18.8 Å². The summed E-state index contributed by atoms with van der Waals surface area (Å²) in [4.78, 5) is 11.6. The zero-order valence-corrected chi connectivity index (χ0v) is 12.7. The first-order valence-corrected chi connectivity index (χ1v) is 6.62. The lowest BCUT2D eigenvalue weighted by Gasteiger charge is -2.20. The largest absolute Gasteiger partial charge is 0.444 e. The highest BCUT2D eigenvalue weighted by molar-refractivity contribution is 5.67. The summed E-state index contributed by atoms with van der Waals surface area (Å²) in [6.45, 7) is 6.86. The fourth-order valence-corrected chi connectivity index (χ4v) is 1.78. The molecule has 0 heterocycles. The maximum Gasteiger partial charge on any atom is 0.407 e. The number of hydrogen-bond acceptors (Lipinski definition) is 4. The number of nitrogens with one attached hydrogen (secondary N) is 1. The monoisotopic (exact) mass is 280 g/mol. The van der Waals surface area contributed by atoms with E-state index < -0.39 is 11.7 Å². The number of carbonyl (C=O) groups excluding carboxylic acids is 1. The van der Waals surface area contributed by atoms with Crippen LogP contribution in [0.1, 0.15) is 37.5 Å². The molecule has 0 aliphatic heterocycles. The second kappa shape index (κ2) is 7.26. The Labute approximate surface area is 120 Å². The van der Waals surface area contributed by atoms with E-state index in [4.69, 9.17) is 15.2 Å². The quantitative estimate of drug-likeness (QED) is 0.868. The van der Waals surface area contributed by atoms with Gasteiger partial charge in [-0.1, -0.05) is 18.2 Å². The van der Waals surface area contributed by atoms with Crippen molar-refractivity contribution < 1.29 is 14.3 Å². The molecule has 0 spiro atoms. The number of carbonyl (C=O) groups is 1. The smallest absolute Gasteiger partial charge is 0.407 e. The van der Waals surface area contributed by atoms with Gasteiger partial charge in [0.15, 0.2) is 0 Å². The van der Waals surface area contributed by atoms with Crippen molar-refractivity contribution in [2.75, 3.05) is 7.11 Å². The van der Waals surface area contributed by atoms with E-state index in [1.807, 2.05) is 39.0 Å². The molecule has 0 saturated heterocycles. The molecular formula is C15H24N2O3. The minimum absolute atomic E-state index is 0.398. The Bertz CT molecular complexity index is 453. The van der Waals surface area contributed by atoms with Gasteiger partial charge in [-0.25, -0.2) is 4.79 Å². The zero-order chi connectivity index (χ0) is 15.2. The maximum absolute atomic E-state index is 11.6. The van der Waals surface area contributed by atoms with Gasteiger partial charge in [0.25, 0.3) is 0 Å². The number of methoxy groups -OCH3 is 1. The van der Waals surface area contributed by atoms with Crippen LogP contribution < -0.4 is 11.1 Å². The van der Waals surface area contributed by atoms with Crippen molar-refractivity contribution in [2.45, 2.75) is 46.1 Å². The third-order valence-electron chi connectivity index (χ3n) is 2.62. The molecule has 20 heavy (non-hydrogen) atoms. The van der Waals surface area contributed by atoms with Crippen molar-refractivity contribution in [1.82, 2.24) is 5.32 Å². The summed E-state index contributed by atoms with van der Waals surface area (Å²) in [6.07, 6.45) is -0.429. The van der Waals surface area contributed by atoms with E-state index in [1.54, 1.807) is 7.11 Å². The molecule has 0 radical (unpaired) electrons. The van der Waals surface area contributed by atoms with Crippen LogP contribution in [0.3, 0.4) is 0 Å². The minimum atomic E-state index is -0.497. The van der Waals surface area contributed by atoms with Gasteiger partial charge in [-0.3, -0.25) is 0 Å². The summed E-state index contributed by atoms with van der Waals surface area (Å²) in [6, 6.07) is 5.91. The van der Waals surface area contributed by atoms with Crippen LogP contribution in [0, 0.1) is 0 Å². The Kier molecular flexibility index (Phi) is 5.98. The zero-order valence-electron chi connectivity index (χ0n) is 12.7. The second-order valence-corrected chi connectivity index (χ2v) is 5.60. The highest BCUT2D eigenvalue weighted by Crippen LogP contribution is 2.13. The fourth-order valence-electron chi connectivity index (χ4n) is 1.78. The number of hydrogen-bond donors (Lipinski definition) is 2. The third-order valence-corrected chi connectivity index (χ3v) is 2.62. The molecule has 0 saturated carbocycles. The summed E-state index contributed by atoms with van der Waals surface area (Å²) < 4.78 is 10.3. The number of amides is 1. The molecule has 0 bridgehead atoms. The van der Waals surface area contributed by atoms with Crippen LogP contribution in [0.2, 0.25) is 0 Å². The van der Waals surface area contributed by atoms with E-state index >= 15 is 0 Å². The van der Waals surface area contributed by atoms with Gasteiger partial charge in [0.05, 0.1) is 6.61 Å². The predicted molar refractivity (Wildman–Crippen MR) is 78.1 cm³/mol. The molecule has 0 aromatic heterocycles. The lowest BCUT2D eigenvalue weighted by atomic mass is 10.0. The molecule has 0 atom stereocenters. The van der Waals surface area contributed by atoms with Crippen molar-refractivity contribution in [3.63, 3.8) is 0 Å². The molecular weight excluding hydrogens is 256 g/mol. The van der Waals surface area contributed by atoms with E-state index in [9.17, 15) is 4.79 Å². The number of benzene rings is 1. The number of ether oxygens (including phenoxy) is 2. The van der Waals surface area contributed by atoms with Crippen LogP contribution in [-0.2, 0) is 29.2 Å². The van der Waals surface area contributed by atoms with E-state index in [1.165, 1.54) is 0 Å². The molecule has 1 aromatic rings. The van der Waals surface area contributed by atoms with Gasteiger partial charge < -0.3 is 20.5 Å². The van der Waals surface area contributed by atoms with Gasteiger partial charge in [0.2, 0.25) is 0 Å². The Morgan fingerprint density at radius 3 is 2.55 bits per heavy atom. The van der Waals surface area contributed by atoms with Crippen LogP contribution in [0.15, 0.2) is 18.2 Å². The molecule has 112 valence electrons. The fraction of sp³-hybridized carbons (Fsp3) is 0.533. The molecule has 0 aliphatic carbocycles. The average Bonchev–Trinajstić information content (AvgIpc) is 2.35. The average molecular weight is 280 g/mol. The van der Waals surface area contributed by atoms with E-state index in [2.05, 4.69) is 5.32 Å². The van der Waals surface area contributed by atoms with Crippen LogP contribution in [0.25, 0.3) is 0 Å². The number of nitrogens with two attached hydrogens (primary N) is 1. The normalized spacial score (nSPS) is 11.2. The van der Waals surface area contributed by atoms with Crippen molar-refractivity contribution in [2.24, 2.45) is 5.73 Å². The standard InChI is InChI=1S/C15H24N2O3/c1-15(2,3)20-14(18)17-9-12-6-5-11(10-19-4)7-13(12)8-16/h5-7H,8-10,16H2,1-4H3,(H,17,18). The molecule has 5 nitrogen and oxygen atoms in total. The molecule has 1 amide bonds. The van der Waals surface area contributed by atoms with E-state index in [-0.39, 0.29) is 0 Å². The topological polar surface area (TPSA) is 73.6 Å². The Hall–Kier alpha value is -1.59. The summed E-state index contributed by atoms with van der Waals surface area (Å²) in [7, 11) is 1.65. The van der Waals surface area contributed by atoms with Gasteiger partial charge in [0.1, 0.15) is 5.60 Å². The lowest BCUT2D eigenvalue weighted by molar-refractivity contribution is 0.0523. The first-order valence-electron chi connectivity index (χ1n) is 6.62. The lowest BCUT2D eigenvalue weighted by Crippen LogP contribution is -2.32. The van der Waals surface area contributed by atoms with Gasteiger partial charge in [-0.15, -0.1) is 0 Å². The van der Waals surface area contributed by atoms with E-state index in [0.29, 0.717) is 19.7 Å². The molecule has 5 heteroatoms. The van der Waals surface area contributed by atoms with Gasteiger partial charge in [0, 0.05) is 20.2 Å². The Balaban J connectivity index is 2.65. The summed E-state index contributed by atoms with van der Waals surface area (Å²) in [5.74, 6) is 0. The summed E-state index contributed by atoms with van der Waals surface area (Å²) in [5, 5.41) is 2.73. The van der Waals surface area contributed by atoms with Gasteiger partial charge in [-0.05, 0) is 37.5 Å². The van der Waals surface area contributed by atoms with Crippen molar-refractivity contribution in [1.29, 1.82) is 0 Å². The van der Waals surface area contributed by atoms with Gasteiger partial charge >= 0.3 is 6.09 Å². The Morgan fingerprint density at radius 2 is 2.00 bits per heavy atom. The van der Waals surface area contributed by atoms with Crippen molar-refractivity contribution in [3.05, 3.63) is 34.9 Å². The molecule has 3 N–H and O–H groups in total. The second-order valence-electron chi connectivity index (χ2n) is 5.60. The highest BCUT2D eigenvalue weighted by atomic mass is 16.6. The highest BCUT2D eigenvalue weighted by Gasteiger charge is 2.16. The third kappa shape index (κ3) is 5.59. The Morgan fingerprint density at radius 1 is 1.30 bits per heavy atom. The van der Waals surface area contributed by atoms with Crippen LogP contribution in [0.5, 0.6) is 0 Å². The molecule has 1 rings (SSSR count). The van der Waals surface area contributed by atoms with Crippen LogP contribution in [0.4, 0.5) is 4.79 Å². The van der Waals surface area contributed by atoms with Crippen molar-refractivity contribution in [3.8, 4) is 0 Å². The summed E-state index contributed by atoms with van der Waals surface area (Å²) in [5.41, 5.74) is 8.29. The van der Waals surface area contributed by atoms with E-state index in [0.717, 1.165) is 16.7 Å². The number of rotatable bonds is 5. The van der Waals surface area contributed by atoms with Crippen LogP contribution >= 0.6 is 0 Å². The number of alkyl carbamates (subject to hydrolysis) is 1.